The first-order chi connectivity index (χ1) is 19.8. The average Bonchev–Trinajstić information content (AvgIpc) is 2.96. The van der Waals surface area contributed by atoms with Gasteiger partial charge < -0.3 is 10.2 Å². The Bertz CT molecular complexity index is 1470. The van der Waals surface area contributed by atoms with Crippen molar-refractivity contribution in [2.45, 2.75) is 45.3 Å². The number of hydrogen-bond donors (Lipinski definition) is 1. The van der Waals surface area contributed by atoms with E-state index in [9.17, 15) is 22.4 Å². The molecule has 0 radical (unpaired) electrons. The lowest BCUT2D eigenvalue weighted by molar-refractivity contribution is -0.140. The molecule has 12 heteroatoms. The highest BCUT2D eigenvalue weighted by molar-refractivity contribution is 7.90. The maximum Gasteiger partial charge on any atom is 0.304 e. The molecule has 8 nitrogen and oxygen atoms in total. The fourth-order valence-corrected chi connectivity index (χ4v) is 5.53. The molecular weight excluding hydrogens is 602 g/mol. The maximum atomic E-state index is 14.2. The molecule has 0 fully saturated rings. The van der Waals surface area contributed by atoms with Crippen molar-refractivity contribution in [2.24, 2.45) is 0 Å². The van der Waals surface area contributed by atoms with Crippen LogP contribution >= 0.6 is 23.2 Å². The minimum Gasteiger partial charge on any atom is -0.352 e. The highest BCUT2D eigenvalue weighted by atomic mass is 35.5. The Kier molecular flexibility index (Phi) is 11.8. The van der Waals surface area contributed by atoms with Crippen LogP contribution in [0.5, 0.6) is 0 Å². The Morgan fingerprint density at radius 3 is 2.14 bits per heavy atom. The van der Waals surface area contributed by atoms with E-state index in [0.717, 1.165) is 26.3 Å². The van der Waals surface area contributed by atoms with Crippen LogP contribution in [0, 0.1) is 5.82 Å². The van der Waals surface area contributed by atoms with Crippen LogP contribution in [0.2, 0.25) is 10.0 Å². The highest BCUT2D eigenvalue weighted by Crippen LogP contribution is 2.26. The molecule has 0 unspecified atom stereocenters. The van der Waals surface area contributed by atoms with Crippen molar-refractivity contribution >= 4 is 50.9 Å². The van der Waals surface area contributed by atoms with E-state index in [1.54, 1.807) is 18.2 Å². The summed E-state index contributed by atoms with van der Waals surface area (Å²) < 4.78 is 42.3. The van der Waals surface area contributed by atoms with Crippen molar-refractivity contribution in [1.29, 1.82) is 0 Å². The number of nitrogens with one attached hydrogen (secondary N) is 1. The summed E-state index contributed by atoms with van der Waals surface area (Å²) in [7, 11) is -1.52. The van der Waals surface area contributed by atoms with Crippen LogP contribution in [-0.2, 0) is 32.8 Å². The summed E-state index contributed by atoms with van der Waals surface area (Å²) >= 11 is 12.4. The highest BCUT2D eigenvalue weighted by Gasteiger charge is 2.35. The predicted molar refractivity (Wildman–Crippen MR) is 165 cm³/mol. The molecule has 0 saturated heterocycles. The van der Waals surface area contributed by atoms with Gasteiger partial charge in [-0.3, -0.25) is 9.59 Å². The summed E-state index contributed by atoms with van der Waals surface area (Å²) in [6, 6.07) is 17.7. The fourth-order valence-electron chi connectivity index (χ4n) is 4.15. The number of halogens is 3. The molecule has 0 aliphatic carbocycles. The molecule has 0 aliphatic heterocycles. The Balaban J connectivity index is 2.11. The number of rotatable bonds is 13. The van der Waals surface area contributed by atoms with E-state index in [4.69, 9.17) is 23.2 Å². The van der Waals surface area contributed by atoms with Gasteiger partial charge in [0.15, 0.2) is 0 Å². The van der Waals surface area contributed by atoms with E-state index in [1.165, 1.54) is 31.1 Å². The van der Waals surface area contributed by atoms with E-state index < -0.39 is 34.5 Å². The van der Waals surface area contributed by atoms with Gasteiger partial charge in [-0.1, -0.05) is 66.5 Å². The molecule has 0 saturated carbocycles. The molecule has 0 spiro atoms. The van der Waals surface area contributed by atoms with Gasteiger partial charge in [0.1, 0.15) is 18.4 Å². The van der Waals surface area contributed by atoms with Crippen LogP contribution in [0.15, 0.2) is 72.8 Å². The quantitative estimate of drug-likeness (QED) is 0.276. The SMILES string of the molecule is CC[C@H](C)NC(=O)[C@@H](Cc1ccccc1)N(Cc1ccc(Cl)c(Cl)c1)C(=O)CN(c1ccc(F)cc1)S(=O)(=O)N(C)C. The molecule has 0 aliphatic rings. The zero-order chi connectivity index (χ0) is 31.0. The van der Waals surface area contributed by atoms with Crippen LogP contribution in [-0.4, -0.2) is 62.2 Å². The van der Waals surface area contributed by atoms with E-state index in [0.29, 0.717) is 17.0 Å². The van der Waals surface area contributed by atoms with Gasteiger partial charge in [0.2, 0.25) is 11.8 Å². The number of hydrogen-bond acceptors (Lipinski definition) is 4. The van der Waals surface area contributed by atoms with Crippen molar-refractivity contribution in [3.8, 4) is 0 Å². The van der Waals surface area contributed by atoms with Crippen molar-refractivity contribution < 1.29 is 22.4 Å². The molecular formula is C30H35Cl2FN4O4S. The first-order valence-corrected chi connectivity index (χ1v) is 15.5. The zero-order valence-electron chi connectivity index (χ0n) is 23.9. The summed E-state index contributed by atoms with van der Waals surface area (Å²) in [5.74, 6) is -1.58. The molecule has 0 bridgehead atoms. The molecule has 0 heterocycles. The van der Waals surface area contributed by atoms with Gasteiger partial charge in [0, 0.05) is 33.1 Å². The molecule has 226 valence electrons. The summed E-state index contributed by atoms with van der Waals surface area (Å²) in [6.45, 7) is 3.10. The lowest BCUT2D eigenvalue weighted by Crippen LogP contribution is -2.55. The Hall–Kier alpha value is -3.18. The smallest absolute Gasteiger partial charge is 0.304 e. The second kappa shape index (κ2) is 14.8. The Morgan fingerprint density at radius 2 is 1.57 bits per heavy atom. The topological polar surface area (TPSA) is 90.0 Å². The van der Waals surface area contributed by atoms with Crippen molar-refractivity contribution in [3.63, 3.8) is 0 Å². The number of amides is 2. The first-order valence-electron chi connectivity index (χ1n) is 13.4. The lowest BCUT2D eigenvalue weighted by atomic mass is 10.0. The van der Waals surface area contributed by atoms with Gasteiger partial charge in [-0.25, -0.2) is 8.70 Å². The second-order valence-electron chi connectivity index (χ2n) is 10.1. The molecule has 1 N–H and O–H groups in total. The minimum absolute atomic E-state index is 0.0551. The first kappa shape index (κ1) is 33.3. The summed E-state index contributed by atoms with van der Waals surface area (Å²) in [4.78, 5) is 29.3. The summed E-state index contributed by atoms with van der Waals surface area (Å²) in [5.41, 5.74) is 1.50. The summed E-state index contributed by atoms with van der Waals surface area (Å²) in [5, 5.41) is 3.57. The zero-order valence-corrected chi connectivity index (χ0v) is 26.3. The Labute approximate surface area is 257 Å². The third-order valence-electron chi connectivity index (χ3n) is 6.74. The van der Waals surface area contributed by atoms with Gasteiger partial charge >= 0.3 is 10.2 Å². The number of anilines is 1. The third kappa shape index (κ3) is 8.67. The van der Waals surface area contributed by atoms with Gasteiger partial charge in [0.05, 0.1) is 15.7 Å². The van der Waals surface area contributed by atoms with Gasteiger partial charge in [-0.05, 0) is 60.9 Å². The van der Waals surface area contributed by atoms with Crippen molar-refractivity contribution in [1.82, 2.24) is 14.5 Å². The summed E-state index contributed by atoms with van der Waals surface area (Å²) in [6.07, 6.45) is 0.844. The van der Waals surface area contributed by atoms with E-state index in [1.807, 2.05) is 44.2 Å². The second-order valence-corrected chi connectivity index (χ2v) is 12.9. The third-order valence-corrected chi connectivity index (χ3v) is 9.30. The maximum absolute atomic E-state index is 14.2. The van der Waals surface area contributed by atoms with Crippen LogP contribution in [0.25, 0.3) is 0 Å². The Morgan fingerprint density at radius 1 is 0.929 bits per heavy atom. The van der Waals surface area contributed by atoms with Gasteiger partial charge in [0.25, 0.3) is 0 Å². The monoisotopic (exact) mass is 636 g/mol. The molecule has 2 atom stereocenters. The van der Waals surface area contributed by atoms with Crippen molar-refractivity contribution in [3.05, 3.63) is 99.8 Å². The standard InChI is InChI=1S/C30H35Cl2FN4O4S/c1-5-21(2)34-30(39)28(18-22-9-7-6-8-10-22)36(19-23-11-16-26(31)27(32)17-23)29(38)20-37(42(40,41)35(3)4)25-14-12-24(33)13-15-25/h6-17,21,28H,5,18-20H2,1-4H3,(H,34,39)/t21-,28+/m0/s1. The largest absolute Gasteiger partial charge is 0.352 e. The molecule has 3 aromatic rings. The van der Waals surface area contributed by atoms with E-state index in [2.05, 4.69) is 5.32 Å². The number of carbonyl (C=O) groups excluding carboxylic acids is 2. The molecule has 3 rings (SSSR count). The van der Waals surface area contributed by atoms with Gasteiger partial charge in [-0.15, -0.1) is 0 Å². The normalized spacial score (nSPS) is 13.0. The number of benzene rings is 3. The molecule has 42 heavy (non-hydrogen) atoms. The van der Waals surface area contributed by atoms with Crippen molar-refractivity contribution in [2.75, 3.05) is 24.9 Å². The van der Waals surface area contributed by atoms with Crippen LogP contribution < -0.4 is 9.62 Å². The number of nitrogens with zero attached hydrogens (tertiary/aromatic N) is 3. The lowest BCUT2D eigenvalue weighted by Gasteiger charge is -2.35. The fraction of sp³-hybridized carbons (Fsp3) is 0.333. The van der Waals surface area contributed by atoms with Crippen LogP contribution in [0.4, 0.5) is 10.1 Å². The van der Waals surface area contributed by atoms with Crippen LogP contribution in [0.3, 0.4) is 0 Å². The predicted octanol–water partition coefficient (Wildman–Crippen LogP) is 5.30. The average molecular weight is 638 g/mol. The van der Waals surface area contributed by atoms with E-state index >= 15 is 0 Å². The van der Waals surface area contributed by atoms with Crippen LogP contribution in [0.1, 0.15) is 31.4 Å². The molecule has 3 aromatic carbocycles. The van der Waals surface area contributed by atoms with Gasteiger partial charge in [-0.2, -0.15) is 12.7 Å². The number of carbonyl (C=O) groups is 2. The molecule has 0 aromatic heterocycles. The van der Waals surface area contributed by atoms with E-state index in [-0.39, 0.29) is 35.6 Å². The minimum atomic E-state index is -4.19. The molecule has 2 amide bonds.